The van der Waals surface area contributed by atoms with Crippen molar-refractivity contribution in [1.82, 2.24) is 0 Å². The normalized spacial score (nSPS) is 14.4. The van der Waals surface area contributed by atoms with Crippen LogP contribution >= 0.6 is 31.9 Å². The van der Waals surface area contributed by atoms with Gasteiger partial charge in [-0.3, -0.25) is 9.59 Å². The number of rotatable bonds is 7. The predicted octanol–water partition coefficient (Wildman–Crippen LogP) is 4.63. The minimum absolute atomic E-state index is 0.203. The second-order valence-electron chi connectivity index (χ2n) is 6.53. The van der Waals surface area contributed by atoms with Crippen molar-refractivity contribution < 1.29 is 19.1 Å². The van der Waals surface area contributed by atoms with Gasteiger partial charge in [0.15, 0.2) is 22.4 Å². The fourth-order valence-electron chi connectivity index (χ4n) is 3.62. The summed E-state index contributed by atoms with van der Waals surface area (Å²) in [7, 11) is 2.96. The Morgan fingerprint density at radius 1 is 0.800 bits per heavy atom. The Hall–Kier alpha value is -2.68. The molecule has 6 nitrogen and oxygen atoms in total. The van der Waals surface area contributed by atoms with Crippen LogP contribution in [0.2, 0.25) is 0 Å². The number of halogens is 2. The minimum atomic E-state index is -2.10. The van der Waals surface area contributed by atoms with Gasteiger partial charge in [0.2, 0.25) is 0 Å². The number of hydrogen-bond donors (Lipinski definition) is 0. The number of carbonyl (C=O) groups excluding carboxylic acids is 2. The summed E-state index contributed by atoms with van der Waals surface area (Å²) in [6.07, 6.45) is 0. The summed E-state index contributed by atoms with van der Waals surface area (Å²) < 4.78 is 11.4. The van der Waals surface area contributed by atoms with E-state index in [0.717, 1.165) is 0 Å². The van der Waals surface area contributed by atoms with Crippen molar-refractivity contribution in [2.75, 3.05) is 14.2 Å². The maximum atomic E-state index is 13.0. The Balaban J connectivity index is 3.01. The Labute approximate surface area is 191 Å². The molecule has 0 aliphatic heterocycles. The molecule has 0 radical (unpaired) electrons. The van der Waals surface area contributed by atoms with Crippen molar-refractivity contribution in [2.24, 2.45) is 0 Å². The van der Waals surface area contributed by atoms with Crippen molar-refractivity contribution in [2.45, 2.75) is 24.7 Å². The number of methoxy groups -OCH3 is 2. The molecule has 2 atom stereocenters. The van der Waals surface area contributed by atoms with Crippen LogP contribution in [0.4, 0.5) is 0 Å². The molecule has 2 rings (SSSR count). The van der Waals surface area contributed by atoms with Crippen LogP contribution in [0.3, 0.4) is 0 Å². The topological polar surface area (TPSA) is 100 Å². The van der Waals surface area contributed by atoms with E-state index in [1.54, 1.807) is 12.1 Å². The van der Waals surface area contributed by atoms with Gasteiger partial charge in [-0.05, 0) is 81.1 Å². The number of Topliss-reactive ketones (excluding diaryl/α,β-unsaturated/α-hetero) is 2. The van der Waals surface area contributed by atoms with Gasteiger partial charge in [-0.15, -0.1) is 0 Å². The molecule has 0 saturated carbocycles. The van der Waals surface area contributed by atoms with E-state index in [2.05, 4.69) is 31.9 Å². The largest absolute Gasteiger partial charge is 0.496 e. The summed E-state index contributed by atoms with van der Waals surface area (Å²) in [6.45, 7) is 2.41. The monoisotopic (exact) mass is 532 g/mol. The quantitative estimate of drug-likeness (QED) is 0.514. The number of ketones is 2. The third kappa shape index (κ3) is 3.40. The number of carbonyl (C=O) groups is 2. The van der Waals surface area contributed by atoms with Crippen molar-refractivity contribution in [3.63, 3.8) is 0 Å². The summed E-state index contributed by atoms with van der Waals surface area (Å²) in [4.78, 5) is 26.1. The van der Waals surface area contributed by atoms with E-state index >= 15 is 0 Å². The van der Waals surface area contributed by atoms with Gasteiger partial charge in [-0.1, -0.05) is 12.1 Å². The Kier molecular flexibility index (Phi) is 7.07. The molecule has 8 heteroatoms. The molecule has 0 saturated heterocycles. The summed E-state index contributed by atoms with van der Waals surface area (Å²) in [5, 5.41) is 20.6. The molecule has 154 valence electrons. The average molecular weight is 534 g/mol. The van der Waals surface area contributed by atoms with Gasteiger partial charge in [0.05, 0.1) is 35.3 Å². The lowest BCUT2D eigenvalue weighted by Crippen LogP contribution is -2.56. The first-order valence-electron chi connectivity index (χ1n) is 8.68. The Bertz CT molecular complexity index is 1020. The molecule has 0 fully saturated rings. The smallest absolute Gasteiger partial charge is 0.170 e. The van der Waals surface area contributed by atoms with E-state index in [1.165, 1.54) is 52.3 Å². The molecule has 2 aromatic carbocycles. The van der Waals surface area contributed by atoms with Crippen LogP contribution in [0.1, 0.15) is 25.0 Å². The third-order valence-corrected chi connectivity index (χ3v) is 6.36. The zero-order valence-electron chi connectivity index (χ0n) is 16.7. The average Bonchev–Trinajstić information content (AvgIpc) is 2.71. The lowest BCUT2D eigenvalue weighted by Gasteiger charge is -2.39. The van der Waals surface area contributed by atoms with Crippen LogP contribution in [0.15, 0.2) is 45.3 Å². The van der Waals surface area contributed by atoms with Crippen molar-refractivity contribution >= 4 is 43.4 Å². The van der Waals surface area contributed by atoms with E-state index < -0.39 is 22.4 Å². The van der Waals surface area contributed by atoms with Crippen molar-refractivity contribution in [3.8, 4) is 23.6 Å². The number of nitriles is 2. The molecule has 0 aliphatic carbocycles. The van der Waals surface area contributed by atoms with E-state index in [0.29, 0.717) is 20.4 Å². The van der Waals surface area contributed by atoms with E-state index in [4.69, 9.17) is 9.47 Å². The van der Waals surface area contributed by atoms with Gasteiger partial charge in [0.1, 0.15) is 11.5 Å². The van der Waals surface area contributed by atoms with Crippen LogP contribution in [-0.4, -0.2) is 25.8 Å². The maximum Gasteiger partial charge on any atom is 0.170 e. The van der Waals surface area contributed by atoms with Gasteiger partial charge in [-0.2, -0.15) is 10.5 Å². The van der Waals surface area contributed by atoms with E-state index in [9.17, 15) is 20.1 Å². The predicted molar refractivity (Wildman–Crippen MR) is 117 cm³/mol. The first-order valence-corrected chi connectivity index (χ1v) is 10.3. The van der Waals surface area contributed by atoms with Crippen LogP contribution in [-0.2, 0) is 20.4 Å². The Morgan fingerprint density at radius 2 is 1.13 bits per heavy atom. The van der Waals surface area contributed by atoms with Gasteiger partial charge in [0, 0.05) is 0 Å². The molecule has 0 aliphatic rings. The zero-order chi connectivity index (χ0) is 22.7. The summed E-state index contributed by atoms with van der Waals surface area (Å²) in [6, 6.07) is 13.3. The highest BCUT2D eigenvalue weighted by atomic mass is 79.9. The molecule has 0 spiro atoms. The van der Waals surface area contributed by atoms with Crippen LogP contribution < -0.4 is 9.47 Å². The van der Waals surface area contributed by atoms with Crippen LogP contribution in [0.25, 0.3) is 0 Å². The first-order chi connectivity index (χ1) is 14.2. The molecule has 30 heavy (non-hydrogen) atoms. The zero-order valence-corrected chi connectivity index (χ0v) is 19.9. The fourth-order valence-corrected chi connectivity index (χ4v) is 4.70. The Morgan fingerprint density at radius 3 is 1.33 bits per heavy atom. The SMILES string of the molecule is COc1ccc(C(C#N)(C(C)=O)C(C#N)(C(C)=O)c2ccc(OC)c(Br)c2)cc1Br. The molecule has 0 N–H and O–H groups in total. The standard InChI is InChI=1S/C22H18Br2N2O4/c1-13(27)21(11-25,15-5-7-19(29-3)17(23)9-15)22(12-26,14(2)28)16-6-8-20(30-4)18(24)10-16/h5-10H,1-4H3. The number of benzene rings is 2. The third-order valence-electron chi connectivity index (χ3n) is 5.12. The maximum absolute atomic E-state index is 13.0. The van der Waals surface area contributed by atoms with Gasteiger partial charge in [0.25, 0.3) is 0 Å². The molecule has 0 bridgehead atoms. The number of ether oxygens (including phenoxy) is 2. The fraction of sp³-hybridized carbons (Fsp3) is 0.273. The number of nitrogens with zero attached hydrogens (tertiary/aromatic N) is 2. The summed E-state index contributed by atoms with van der Waals surface area (Å²) >= 11 is 6.71. The highest BCUT2D eigenvalue weighted by Gasteiger charge is 2.62. The van der Waals surface area contributed by atoms with Crippen molar-refractivity contribution in [3.05, 3.63) is 56.5 Å². The van der Waals surface area contributed by atoms with Crippen molar-refractivity contribution in [1.29, 1.82) is 10.5 Å². The minimum Gasteiger partial charge on any atom is -0.496 e. The van der Waals surface area contributed by atoms with E-state index in [-0.39, 0.29) is 11.1 Å². The number of hydrogen-bond acceptors (Lipinski definition) is 6. The highest BCUT2D eigenvalue weighted by molar-refractivity contribution is 9.10. The summed E-state index contributed by atoms with van der Waals surface area (Å²) in [5.74, 6) is -0.310. The summed E-state index contributed by atoms with van der Waals surface area (Å²) in [5.41, 5.74) is -3.80. The van der Waals surface area contributed by atoms with E-state index in [1.807, 2.05) is 12.1 Å². The molecular formula is C22H18Br2N2O4. The highest BCUT2D eigenvalue weighted by Crippen LogP contribution is 2.48. The van der Waals surface area contributed by atoms with Crippen LogP contribution in [0.5, 0.6) is 11.5 Å². The first kappa shape index (κ1) is 23.6. The molecule has 0 heterocycles. The molecule has 0 aromatic heterocycles. The lowest BCUT2D eigenvalue weighted by atomic mass is 9.55. The second kappa shape index (κ2) is 8.99. The molecule has 2 aromatic rings. The second-order valence-corrected chi connectivity index (χ2v) is 8.24. The molecular weight excluding hydrogens is 516 g/mol. The van der Waals surface area contributed by atoms with Gasteiger partial charge < -0.3 is 9.47 Å². The van der Waals surface area contributed by atoms with Gasteiger partial charge in [-0.25, -0.2) is 0 Å². The lowest BCUT2D eigenvalue weighted by molar-refractivity contribution is -0.130. The van der Waals surface area contributed by atoms with Crippen LogP contribution in [0, 0.1) is 22.7 Å². The van der Waals surface area contributed by atoms with Gasteiger partial charge >= 0.3 is 0 Å². The molecule has 0 amide bonds. The molecule has 2 unspecified atom stereocenters.